The van der Waals surface area contributed by atoms with Gasteiger partial charge >= 0.3 is 0 Å². The number of carbonyl (C=O) groups excluding carboxylic acids is 2. The molecule has 2 atom stereocenters. The Morgan fingerprint density at radius 2 is 1.86 bits per heavy atom. The van der Waals surface area contributed by atoms with E-state index in [0.717, 1.165) is 0 Å². The number of nitrogens with zero attached hydrogens (tertiary/aromatic N) is 3. The van der Waals surface area contributed by atoms with E-state index in [2.05, 4.69) is 0 Å². The number of fused-ring (bicyclic) bond motifs is 2. The first kappa shape index (κ1) is 20.6. The van der Waals surface area contributed by atoms with E-state index in [1.807, 2.05) is 6.92 Å². The summed E-state index contributed by atoms with van der Waals surface area (Å²) in [5, 5.41) is 0. The van der Waals surface area contributed by atoms with Crippen molar-refractivity contribution in [2.75, 3.05) is 33.7 Å². The highest BCUT2D eigenvalue weighted by Crippen LogP contribution is 2.36. The smallest absolute Gasteiger partial charge is 0.247 e. The van der Waals surface area contributed by atoms with E-state index in [1.165, 1.54) is 15.3 Å². The predicted octanol–water partition coefficient (Wildman–Crippen LogP) is 0.928. The van der Waals surface area contributed by atoms with Crippen LogP contribution in [0.5, 0.6) is 5.75 Å². The molecule has 9 heteroatoms. The van der Waals surface area contributed by atoms with Crippen LogP contribution in [-0.4, -0.2) is 80.2 Å². The van der Waals surface area contributed by atoms with Crippen LogP contribution in [0, 0.1) is 0 Å². The molecule has 2 aliphatic heterocycles. The molecule has 0 unspecified atom stereocenters. The van der Waals surface area contributed by atoms with Crippen LogP contribution in [0.25, 0.3) is 0 Å². The number of sulfonamides is 1. The van der Waals surface area contributed by atoms with Gasteiger partial charge in [-0.1, -0.05) is 19.1 Å². The minimum atomic E-state index is -3.92. The van der Waals surface area contributed by atoms with Gasteiger partial charge in [0.2, 0.25) is 21.8 Å². The van der Waals surface area contributed by atoms with Crippen molar-refractivity contribution >= 4 is 21.8 Å². The van der Waals surface area contributed by atoms with Crippen molar-refractivity contribution in [1.29, 1.82) is 0 Å². The summed E-state index contributed by atoms with van der Waals surface area (Å²) in [5.74, 6) is 0.0376. The number of likely N-dealkylation sites (tertiary alicyclic amines) is 1. The fraction of sp³-hybridized carbons (Fsp3) is 0.579. The Kier molecular flexibility index (Phi) is 5.95. The second-order valence-electron chi connectivity index (χ2n) is 7.32. The molecule has 0 aromatic heterocycles. The topological polar surface area (TPSA) is 87.2 Å². The molecule has 2 heterocycles. The van der Waals surface area contributed by atoms with Gasteiger partial charge in [0.15, 0.2) is 0 Å². The van der Waals surface area contributed by atoms with Crippen molar-refractivity contribution in [2.45, 2.75) is 43.2 Å². The maximum absolute atomic E-state index is 13.4. The van der Waals surface area contributed by atoms with Crippen molar-refractivity contribution in [3.8, 4) is 5.75 Å². The maximum atomic E-state index is 13.4. The Labute approximate surface area is 166 Å². The number of carbonyl (C=O) groups is 2. The van der Waals surface area contributed by atoms with Gasteiger partial charge in [0, 0.05) is 40.0 Å². The first-order valence-electron chi connectivity index (χ1n) is 9.51. The minimum absolute atomic E-state index is 0.0376. The van der Waals surface area contributed by atoms with Gasteiger partial charge in [0.25, 0.3) is 0 Å². The van der Waals surface area contributed by atoms with E-state index in [1.54, 1.807) is 37.2 Å². The van der Waals surface area contributed by atoms with Crippen LogP contribution < -0.4 is 4.74 Å². The maximum Gasteiger partial charge on any atom is 0.247 e. The molecule has 0 radical (unpaired) electrons. The Morgan fingerprint density at radius 3 is 2.54 bits per heavy atom. The van der Waals surface area contributed by atoms with Gasteiger partial charge in [-0.15, -0.1) is 0 Å². The summed E-state index contributed by atoms with van der Waals surface area (Å²) in [6.07, 6.45) is 0.903. The third kappa shape index (κ3) is 3.86. The lowest BCUT2D eigenvalue weighted by Gasteiger charge is -2.31. The Hall–Kier alpha value is -2.13. The van der Waals surface area contributed by atoms with Crippen LogP contribution in [-0.2, 0) is 19.6 Å². The lowest BCUT2D eigenvalue weighted by Crippen LogP contribution is -2.50. The summed E-state index contributed by atoms with van der Waals surface area (Å²) in [7, 11) is -0.719. The Balaban J connectivity index is 2.03. The molecule has 2 aliphatic rings. The summed E-state index contributed by atoms with van der Waals surface area (Å²) in [4.78, 5) is 27.8. The zero-order valence-corrected chi connectivity index (χ0v) is 17.3. The molecule has 0 spiro atoms. The largest absolute Gasteiger partial charge is 0.487 e. The number of ether oxygens (including phenoxy) is 1. The van der Waals surface area contributed by atoms with Crippen LogP contribution in [0.3, 0.4) is 0 Å². The molecule has 1 fully saturated rings. The average molecular weight is 410 g/mol. The molecule has 3 rings (SSSR count). The van der Waals surface area contributed by atoms with Gasteiger partial charge < -0.3 is 14.5 Å². The third-order valence-corrected chi connectivity index (χ3v) is 7.25. The summed E-state index contributed by atoms with van der Waals surface area (Å²) < 4.78 is 34.2. The number of hydrogen-bond donors (Lipinski definition) is 0. The normalized spacial score (nSPS) is 24.2. The molecule has 1 aromatic carbocycles. The van der Waals surface area contributed by atoms with Gasteiger partial charge in [-0.2, -0.15) is 4.31 Å². The lowest BCUT2D eigenvalue weighted by atomic mass is 10.1. The first-order chi connectivity index (χ1) is 13.3. The summed E-state index contributed by atoms with van der Waals surface area (Å²) >= 11 is 0. The fourth-order valence-electron chi connectivity index (χ4n) is 3.71. The summed E-state index contributed by atoms with van der Waals surface area (Å²) in [6, 6.07) is 6.01. The highest BCUT2D eigenvalue weighted by molar-refractivity contribution is 7.89. The highest BCUT2D eigenvalue weighted by Gasteiger charge is 2.44. The Bertz CT molecular complexity index is 855. The number of amides is 2. The summed E-state index contributed by atoms with van der Waals surface area (Å²) in [6.45, 7) is 2.50. The van der Waals surface area contributed by atoms with Crippen molar-refractivity contribution in [3.05, 3.63) is 24.3 Å². The van der Waals surface area contributed by atoms with Crippen LogP contribution in [0.4, 0.5) is 0 Å². The van der Waals surface area contributed by atoms with E-state index >= 15 is 0 Å². The molecule has 28 heavy (non-hydrogen) atoms. The average Bonchev–Trinajstić information content (AvgIpc) is 2.91. The van der Waals surface area contributed by atoms with E-state index in [0.29, 0.717) is 38.1 Å². The molecular formula is C19H27N3O5S. The molecule has 2 amide bonds. The van der Waals surface area contributed by atoms with E-state index in [4.69, 9.17) is 4.74 Å². The van der Waals surface area contributed by atoms with Crippen molar-refractivity contribution in [2.24, 2.45) is 0 Å². The molecular weight excluding hydrogens is 382 g/mol. The standard InChI is InChI=1S/C19H27N3O5S/c1-4-18(23)21-11-9-14-15(10-12-21)27-16-7-5-6-8-17(16)28(25,26)22(14)13-19(24)20(2)3/h5-8,14-15H,4,9-13H2,1-3H3/t14-,15-/m0/s1. The van der Waals surface area contributed by atoms with Crippen LogP contribution >= 0.6 is 0 Å². The number of rotatable bonds is 3. The van der Waals surface area contributed by atoms with Crippen LogP contribution in [0.15, 0.2) is 29.2 Å². The number of para-hydroxylation sites is 1. The molecule has 0 saturated carbocycles. The third-order valence-electron chi connectivity index (χ3n) is 5.34. The molecule has 1 aromatic rings. The minimum Gasteiger partial charge on any atom is -0.487 e. The van der Waals surface area contributed by atoms with Crippen molar-refractivity contribution < 1.29 is 22.7 Å². The highest BCUT2D eigenvalue weighted by atomic mass is 32.2. The lowest BCUT2D eigenvalue weighted by molar-refractivity contribution is -0.131. The zero-order valence-electron chi connectivity index (χ0n) is 16.5. The fourth-order valence-corrected chi connectivity index (χ4v) is 5.46. The second kappa shape index (κ2) is 8.08. The van der Waals surface area contributed by atoms with Crippen molar-refractivity contribution in [3.63, 3.8) is 0 Å². The second-order valence-corrected chi connectivity index (χ2v) is 9.18. The Morgan fingerprint density at radius 1 is 1.18 bits per heavy atom. The van der Waals surface area contributed by atoms with E-state index in [-0.39, 0.29) is 23.3 Å². The van der Waals surface area contributed by atoms with Gasteiger partial charge in [0.1, 0.15) is 16.7 Å². The number of likely N-dealkylation sites (N-methyl/N-ethyl adjacent to an activating group) is 1. The molecule has 8 nitrogen and oxygen atoms in total. The van der Waals surface area contributed by atoms with Gasteiger partial charge in [-0.05, 0) is 18.6 Å². The quantitative estimate of drug-likeness (QED) is 0.741. The van der Waals surface area contributed by atoms with E-state index in [9.17, 15) is 18.0 Å². The number of hydrogen-bond acceptors (Lipinski definition) is 5. The van der Waals surface area contributed by atoms with Crippen LogP contribution in [0.2, 0.25) is 0 Å². The molecule has 0 N–H and O–H groups in total. The van der Waals surface area contributed by atoms with Gasteiger partial charge in [0.05, 0.1) is 12.6 Å². The molecule has 0 bridgehead atoms. The van der Waals surface area contributed by atoms with Crippen molar-refractivity contribution in [1.82, 2.24) is 14.1 Å². The monoisotopic (exact) mass is 409 g/mol. The number of benzene rings is 1. The summed E-state index contributed by atoms with van der Waals surface area (Å²) in [5.41, 5.74) is 0. The van der Waals surface area contributed by atoms with Crippen LogP contribution in [0.1, 0.15) is 26.2 Å². The first-order valence-corrected chi connectivity index (χ1v) is 10.9. The van der Waals surface area contributed by atoms with Gasteiger partial charge in [-0.25, -0.2) is 8.42 Å². The van der Waals surface area contributed by atoms with Gasteiger partial charge in [-0.3, -0.25) is 9.59 Å². The molecule has 0 aliphatic carbocycles. The predicted molar refractivity (Wildman–Crippen MR) is 103 cm³/mol. The van der Waals surface area contributed by atoms with E-state index < -0.39 is 22.2 Å². The molecule has 1 saturated heterocycles. The SMILES string of the molecule is CCC(=O)N1CC[C@@H]2Oc3ccccc3S(=O)(=O)N(CC(=O)N(C)C)[C@H]2CC1. The zero-order chi connectivity index (χ0) is 20.5. The molecule has 154 valence electrons.